The highest BCUT2D eigenvalue weighted by Crippen LogP contribution is 2.32. The van der Waals surface area contributed by atoms with Crippen molar-refractivity contribution in [3.8, 4) is 11.5 Å². The Balaban J connectivity index is 1.49. The highest BCUT2D eigenvalue weighted by Gasteiger charge is 2.30. The molecule has 0 unspecified atom stereocenters. The molecule has 3 heterocycles. The van der Waals surface area contributed by atoms with Crippen molar-refractivity contribution in [1.29, 1.82) is 0 Å². The molecule has 1 fully saturated rings. The lowest BCUT2D eigenvalue weighted by Crippen LogP contribution is -2.28. The van der Waals surface area contributed by atoms with Gasteiger partial charge in [0.2, 0.25) is 0 Å². The van der Waals surface area contributed by atoms with Crippen molar-refractivity contribution in [2.45, 2.75) is 19.3 Å². The van der Waals surface area contributed by atoms with Crippen molar-refractivity contribution in [3.05, 3.63) is 64.5 Å². The molecule has 0 spiro atoms. The number of furan rings is 1. The Labute approximate surface area is 150 Å². The third kappa shape index (κ3) is 3.07. The summed E-state index contributed by atoms with van der Waals surface area (Å²) >= 11 is 6.29. The van der Waals surface area contributed by atoms with Crippen LogP contribution in [0.4, 0.5) is 0 Å². The maximum atomic E-state index is 12.7. The minimum Gasteiger partial charge on any atom is -0.460 e. The lowest BCUT2D eigenvalue weighted by molar-refractivity contribution is 0.0785. The van der Waals surface area contributed by atoms with Crippen LogP contribution in [-0.2, 0) is 0 Å². The van der Waals surface area contributed by atoms with Crippen molar-refractivity contribution in [2.24, 2.45) is 0 Å². The van der Waals surface area contributed by atoms with Crippen LogP contribution in [0, 0.1) is 6.92 Å². The summed E-state index contributed by atoms with van der Waals surface area (Å²) in [6, 6.07) is 13.3. The van der Waals surface area contributed by atoms with Crippen LogP contribution in [0.25, 0.3) is 11.5 Å². The highest BCUT2D eigenvalue weighted by molar-refractivity contribution is 6.31. The Bertz CT molecular complexity index is 915. The second-order valence-electron chi connectivity index (χ2n) is 6.34. The monoisotopic (exact) mass is 355 g/mol. The largest absolute Gasteiger partial charge is 0.460 e. The summed E-state index contributed by atoms with van der Waals surface area (Å²) in [5.41, 5.74) is 2.22. The fraction of sp³-hybridized carbons (Fsp3) is 0.263. The minimum absolute atomic E-state index is 0.0691. The van der Waals surface area contributed by atoms with Crippen LogP contribution in [-0.4, -0.2) is 34.1 Å². The number of carbonyl (C=O) groups is 1. The first-order chi connectivity index (χ1) is 12.1. The molecule has 0 saturated carbocycles. The summed E-state index contributed by atoms with van der Waals surface area (Å²) in [6.07, 6.45) is 0.907. The summed E-state index contributed by atoms with van der Waals surface area (Å²) in [4.78, 5) is 14.6. The van der Waals surface area contributed by atoms with Gasteiger partial charge in [-0.05, 0) is 37.1 Å². The van der Waals surface area contributed by atoms with Crippen LogP contribution in [0.5, 0.6) is 0 Å². The predicted octanol–water partition coefficient (Wildman–Crippen LogP) is 4.26. The zero-order valence-corrected chi connectivity index (χ0v) is 14.6. The van der Waals surface area contributed by atoms with E-state index in [-0.39, 0.29) is 11.8 Å². The Hall–Kier alpha value is -2.53. The zero-order chi connectivity index (χ0) is 17.4. The summed E-state index contributed by atoms with van der Waals surface area (Å²) in [7, 11) is 0. The van der Waals surface area contributed by atoms with Crippen LogP contribution < -0.4 is 0 Å². The summed E-state index contributed by atoms with van der Waals surface area (Å²) in [5.74, 6) is 1.70. The number of likely N-dealkylation sites (tertiary alicyclic amines) is 1. The van der Waals surface area contributed by atoms with Gasteiger partial charge in [0, 0.05) is 30.1 Å². The maximum Gasteiger partial charge on any atom is 0.274 e. The Morgan fingerprint density at radius 3 is 2.92 bits per heavy atom. The number of nitrogens with one attached hydrogen (secondary N) is 1. The van der Waals surface area contributed by atoms with E-state index in [0.717, 1.165) is 22.8 Å². The number of hydrogen-bond acceptors (Lipinski definition) is 3. The molecule has 0 bridgehead atoms. The van der Waals surface area contributed by atoms with Gasteiger partial charge in [-0.25, -0.2) is 0 Å². The van der Waals surface area contributed by atoms with Crippen LogP contribution >= 0.6 is 11.6 Å². The molecule has 4 rings (SSSR count). The molecule has 0 radical (unpaired) electrons. The molecule has 1 amide bonds. The average Bonchev–Trinajstić information content (AvgIpc) is 3.35. The lowest BCUT2D eigenvalue weighted by atomic mass is 9.98. The van der Waals surface area contributed by atoms with Gasteiger partial charge in [0.15, 0.2) is 11.5 Å². The molecule has 1 aliphatic heterocycles. The van der Waals surface area contributed by atoms with Gasteiger partial charge < -0.3 is 9.32 Å². The van der Waals surface area contributed by atoms with Gasteiger partial charge in [0.05, 0.1) is 0 Å². The molecule has 25 heavy (non-hydrogen) atoms. The van der Waals surface area contributed by atoms with Crippen molar-refractivity contribution in [2.75, 3.05) is 13.1 Å². The lowest BCUT2D eigenvalue weighted by Gasteiger charge is -2.16. The molecular weight excluding hydrogens is 338 g/mol. The van der Waals surface area contributed by atoms with E-state index in [1.165, 1.54) is 0 Å². The Morgan fingerprint density at radius 2 is 2.16 bits per heavy atom. The molecule has 128 valence electrons. The van der Waals surface area contributed by atoms with Crippen LogP contribution in [0.1, 0.15) is 34.2 Å². The van der Waals surface area contributed by atoms with Crippen molar-refractivity contribution >= 4 is 17.5 Å². The second kappa shape index (κ2) is 6.41. The topological polar surface area (TPSA) is 62.1 Å². The Morgan fingerprint density at radius 1 is 1.32 bits per heavy atom. The molecule has 5 nitrogen and oxygen atoms in total. The van der Waals surface area contributed by atoms with Crippen LogP contribution in [0.2, 0.25) is 5.02 Å². The summed E-state index contributed by atoms with van der Waals surface area (Å²) in [6.45, 7) is 3.24. The third-order valence-corrected chi connectivity index (χ3v) is 4.97. The number of rotatable bonds is 3. The first-order valence-electron chi connectivity index (χ1n) is 8.28. The van der Waals surface area contributed by atoms with E-state index in [4.69, 9.17) is 16.0 Å². The number of halogens is 1. The van der Waals surface area contributed by atoms with E-state index in [0.29, 0.717) is 30.2 Å². The van der Waals surface area contributed by atoms with Gasteiger partial charge in [-0.3, -0.25) is 9.89 Å². The van der Waals surface area contributed by atoms with Crippen LogP contribution in [0.15, 0.2) is 46.9 Å². The van der Waals surface area contributed by atoms with E-state index >= 15 is 0 Å². The Kier molecular flexibility index (Phi) is 4.09. The SMILES string of the molecule is Cc1ccc(-c2cc(C(=O)N3CC[C@H](c4ccccc4Cl)C3)n[nH]2)o1. The van der Waals surface area contributed by atoms with Crippen molar-refractivity contribution in [3.63, 3.8) is 0 Å². The van der Waals surface area contributed by atoms with Gasteiger partial charge in [-0.1, -0.05) is 29.8 Å². The van der Waals surface area contributed by atoms with Gasteiger partial charge in [0.1, 0.15) is 11.5 Å². The zero-order valence-electron chi connectivity index (χ0n) is 13.8. The smallest absolute Gasteiger partial charge is 0.274 e. The molecule has 1 aromatic carbocycles. The van der Waals surface area contributed by atoms with E-state index in [9.17, 15) is 4.79 Å². The second-order valence-corrected chi connectivity index (χ2v) is 6.74. The van der Waals surface area contributed by atoms with Gasteiger partial charge in [0.25, 0.3) is 5.91 Å². The minimum atomic E-state index is -0.0691. The quantitative estimate of drug-likeness (QED) is 0.763. The predicted molar refractivity (Wildman–Crippen MR) is 95.7 cm³/mol. The number of aromatic nitrogens is 2. The molecule has 1 aliphatic rings. The molecule has 1 saturated heterocycles. The van der Waals surface area contributed by atoms with Crippen LogP contribution in [0.3, 0.4) is 0 Å². The van der Waals surface area contributed by atoms with Gasteiger partial charge >= 0.3 is 0 Å². The fourth-order valence-corrected chi connectivity index (χ4v) is 3.59. The van der Waals surface area contributed by atoms with E-state index in [2.05, 4.69) is 10.2 Å². The number of H-pyrrole nitrogens is 1. The fourth-order valence-electron chi connectivity index (χ4n) is 3.30. The normalized spacial score (nSPS) is 17.2. The van der Waals surface area contributed by atoms with E-state index < -0.39 is 0 Å². The number of carbonyl (C=O) groups excluding carboxylic acids is 1. The molecule has 2 aromatic heterocycles. The number of amides is 1. The van der Waals surface area contributed by atoms with Gasteiger partial charge in [-0.2, -0.15) is 5.10 Å². The highest BCUT2D eigenvalue weighted by atomic mass is 35.5. The molecule has 3 aromatic rings. The molecule has 1 atom stereocenters. The van der Waals surface area contributed by atoms with Crippen molar-refractivity contribution < 1.29 is 9.21 Å². The number of aryl methyl sites for hydroxylation is 1. The third-order valence-electron chi connectivity index (χ3n) is 4.62. The molecule has 0 aliphatic carbocycles. The maximum absolute atomic E-state index is 12.7. The molecule has 6 heteroatoms. The molecule has 1 N–H and O–H groups in total. The number of aromatic amines is 1. The first kappa shape index (κ1) is 16.0. The van der Waals surface area contributed by atoms with Crippen molar-refractivity contribution in [1.82, 2.24) is 15.1 Å². The van der Waals surface area contributed by atoms with E-state index in [1.807, 2.05) is 48.2 Å². The number of nitrogens with zero attached hydrogens (tertiary/aromatic N) is 2. The number of hydrogen-bond donors (Lipinski definition) is 1. The van der Waals surface area contributed by atoms with Gasteiger partial charge in [-0.15, -0.1) is 0 Å². The van der Waals surface area contributed by atoms with E-state index in [1.54, 1.807) is 6.07 Å². The number of benzene rings is 1. The average molecular weight is 356 g/mol. The summed E-state index contributed by atoms with van der Waals surface area (Å²) < 4.78 is 5.57. The first-order valence-corrected chi connectivity index (χ1v) is 8.65. The standard InChI is InChI=1S/C19H18ClN3O2/c1-12-6-7-18(25-12)16-10-17(22-21-16)19(24)23-9-8-13(11-23)14-4-2-3-5-15(14)20/h2-7,10,13H,8-9,11H2,1H3,(H,21,22)/t13-/m0/s1. The molecular formula is C19H18ClN3O2. The summed E-state index contributed by atoms with van der Waals surface area (Å²) in [5, 5.41) is 7.80.